The van der Waals surface area contributed by atoms with Gasteiger partial charge in [-0.3, -0.25) is 0 Å². The van der Waals surface area contributed by atoms with Crippen molar-refractivity contribution in [2.45, 2.75) is 52.5 Å². The first-order valence-corrected chi connectivity index (χ1v) is 8.10. The van der Waals surface area contributed by atoms with E-state index in [1.54, 1.807) is 0 Å². The van der Waals surface area contributed by atoms with Crippen LogP contribution < -0.4 is 0 Å². The molecule has 1 N–H and O–H groups in total. The van der Waals surface area contributed by atoms with Crippen molar-refractivity contribution in [3.05, 3.63) is 22.6 Å². The molecule has 20 heavy (non-hydrogen) atoms. The molecular formula is C16H23N3S. The minimum Gasteiger partial charge on any atom is -0.329 e. The topological polar surface area (TPSA) is 33.6 Å². The molecule has 0 spiro atoms. The third-order valence-corrected chi connectivity index (χ3v) is 4.98. The fraction of sp³-hybridized carbons (Fsp3) is 0.625. The van der Waals surface area contributed by atoms with E-state index in [4.69, 9.17) is 12.2 Å². The van der Waals surface area contributed by atoms with E-state index in [1.165, 1.54) is 32.1 Å². The summed E-state index contributed by atoms with van der Waals surface area (Å²) in [5.74, 6) is 1.79. The molecule has 4 heteroatoms. The standard InChI is InChI=1S/C16H23N3S/c1-11-3-6-13(7-4-11)9-10-19-15-14(18-16(19)20)8-5-12(2)17-15/h5,8,11,13H,3-4,6-7,9-10H2,1-2H3,(H,18,20). The number of rotatable bonds is 3. The number of fused-ring (bicyclic) bond motifs is 1. The highest BCUT2D eigenvalue weighted by molar-refractivity contribution is 7.71. The molecule has 2 aromatic heterocycles. The van der Waals surface area contributed by atoms with Crippen LogP contribution in [0, 0.1) is 23.5 Å². The lowest BCUT2D eigenvalue weighted by atomic mass is 9.81. The van der Waals surface area contributed by atoms with Crippen molar-refractivity contribution in [3.63, 3.8) is 0 Å². The van der Waals surface area contributed by atoms with E-state index in [0.717, 1.165) is 40.0 Å². The first-order valence-electron chi connectivity index (χ1n) is 7.69. The molecule has 0 aliphatic heterocycles. The summed E-state index contributed by atoms with van der Waals surface area (Å²) in [5.41, 5.74) is 3.11. The molecule has 1 aliphatic carbocycles. The Morgan fingerprint density at radius 1 is 1.30 bits per heavy atom. The normalized spacial score (nSPS) is 23.3. The Bertz CT molecular complexity index is 647. The van der Waals surface area contributed by atoms with Crippen LogP contribution in [-0.2, 0) is 6.54 Å². The molecular weight excluding hydrogens is 266 g/mol. The smallest absolute Gasteiger partial charge is 0.179 e. The van der Waals surface area contributed by atoms with Crippen molar-refractivity contribution in [1.29, 1.82) is 0 Å². The van der Waals surface area contributed by atoms with E-state index in [-0.39, 0.29) is 0 Å². The number of hydrogen-bond acceptors (Lipinski definition) is 2. The fourth-order valence-corrected chi connectivity index (χ4v) is 3.55. The van der Waals surface area contributed by atoms with E-state index in [9.17, 15) is 0 Å². The van der Waals surface area contributed by atoms with Gasteiger partial charge in [0, 0.05) is 12.2 Å². The Labute approximate surface area is 125 Å². The molecule has 1 fully saturated rings. The van der Waals surface area contributed by atoms with Crippen LogP contribution in [0.2, 0.25) is 0 Å². The van der Waals surface area contributed by atoms with E-state index in [2.05, 4.69) is 27.5 Å². The van der Waals surface area contributed by atoms with E-state index < -0.39 is 0 Å². The lowest BCUT2D eigenvalue weighted by Crippen LogP contribution is -2.14. The number of aromatic amines is 1. The Balaban J connectivity index is 1.75. The van der Waals surface area contributed by atoms with Crippen LogP contribution in [0.25, 0.3) is 11.2 Å². The molecule has 0 bridgehead atoms. The zero-order chi connectivity index (χ0) is 14.1. The maximum Gasteiger partial charge on any atom is 0.179 e. The van der Waals surface area contributed by atoms with Gasteiger partial charge < -0.3 is 9.55 Å². The van der Waals surface area contributed by atoms with Crippen molar-refractivity contribution in [1.82, 2.24) is 14.5 Å². The zero-order valence-corrected chi connectivity index (χ0v) is 13.2. The van der Waals surface area contributed by atoms with Gasteiger partial charge in [-0.05, 0) is 49.5 Å². The molecule has 0 aromatic carbocycles. The summed E-state index contributed by atoms with van der Waals surface area (Å²) in [6.07, 6.45) is 6.76. The van der Waals surface area contributed by atoms with Crippen molar-refractivity contribution in [3.8, 4) is 0 Å². The summed E-state index contributed by atoms with van der Waals surface area (Å²) < 4.78 is 2.98. The Morgan fingerprint density at radius 3 is 2.80 bits per heavy atom. The maximum absolute atomic E-state index is 5.45. The lowest BCUT2D eigenvalue weighted by molar-refractivity contribution is 0.269. The average Bonchev–Trinajstić information content (AvgIpc) is 2.73. The number of imidazole rings is 1. The van der Waals surface area contributed by atoms with Crippen molar-refractivity contribution in [2.75, 3.05) is 0 Å². The summed E-state index contributed by atoms with van der Waals surface area (Å²) in [6.45, 7) is 5.40. The van der Waals surface area contributed by atoms with E-state index in [1.807, 2.05) is 13.0 Å². The van der Waals surface area contributed by atoms with Gasteiger partial charge in [0.15, 0.2) is 10.4 Å². The quantitative estimate of drug-likeness (QED) is 0.837. The second-order valence-electron chi connectivity index (χ2n) is 6.32. The summed E-state index contributed by atoms with van der Waals surface area (Å²) in [4.78, 5) is 7.90. The van der Waals surface area contributed by atoms with Gasteiger partial charge in [-0.2, -0.15) is 0 Å². The number of pyridine rings is 1. The second kappa shape index (κ2) is 5.68. The molecule has 3 rings (SSSR count). The van der Waals surface area contributed by atoms with Gasteiger partial charge >= 0.3 is 0 Å². The molecule has 1 aliphatic rings. The SMILES string of the molecule is Cc1ccc2[nH]c(=S)n(CCC3CCC(C)CC3)c2n1. The number of H-pyrrole nitrogens is 1. The Kier molecular flexibility index (Phi) is 3.92. The molecule has 0 radical (unpaired) electrons. The number of aryl methyl sites for hydroxylation is 2. The number of nitrogens with zero attached hydrogens (tertiary/aromatic N) is 2. The van der Waals surface area contributed by atoms with Crippen LogP contribution >= 0.6 is 12.2 Å². The van der Waals surface area contributed by atoms with Crippen molar-refractivity contribution >= 4 is 23.4 Å². The molecule has 0 saturated heterocycles. The Hall–Kier alpha value is -1.16. The van der Waals surface area contributed by atoms with Crippen molar-refractivity contribution in [2.24, 2.45) is 11.8 Å². The molecule has 3 nitrogen and oxygen atoms in total. The summed E-state index contributed by atoms with van der Waals surface area (Å²) in [6, 6.07) is 4.10. The first-order chi connectivity index (χ1) is 9.63. The van der Waals surface area contributed by atoms with Crippen LogP contribution in [0.4, 0.5) is 0 Å². The highest BCUT2D eigenvalue weighted by Crippen LogP contribution is 2.30. The number of hydrogen-bond donors (Lipinski definition) is 1. The lowest BCUT2D eigenvalue weighted by Gasteiger charge is -2.26. The van der Waals surface area contributed by atoms with E-state index >= 15 is 0 Å². The molecule has 0 atom stereocenters. The highest BCUT2D eigenvalue weighted by atomic mass is 32.1. The third kappa shape index (κ3) is 2.80. The molecule has 0 amide bonds. The van der Waals surface area contributed by atoms with Gasteiger partial charge in [0.1, 0.15) is 0 Å². The largest absolute Gasteiger partial charge is 0.329 e. The summed E-state index contributed by atoms with van der Waals surface area (Å²) in [5, 5.41) is 0. The van der Waals surface area contributed by atoms with Gasteiger partial charge in [-0.15, -0.1) is 0 Å². The molecule has 0 unspecified atom stereocenters. The molecule has 2 aromatic rings. The summed E-state index contributed by atoms with van der Waals surface area (Å²) in [7, 11) is 0. The van der Waals surface area contributed by atoms with Gasteiger partial charge in [-0.1, -0.05) is 32.6 Å². The Morgan fingerprint density at radius 2 is 2.05 bits per heavy atom. The van der Waals surface area contributed by atoms with Crippen molar-refractivity contribution < 1.29 is 0 Å². The van der Waals surface area contributed by atoms with Crippen LogP contribution in [0.15, 0.2) is 12.1 Å². The fourth-order valence-electron chi connectivity index (χ4n) is 3.26. The minimum absolute atomic E-state index is 0.808. The maximum atomic E-state index is 5.45. The second-order valence-corrected chi connectivity index (χ2v) is 6.71. The van der Waals surface area contributed by atoms with Crippen LogP contribution in [0.5, 0.6) is 0 Å². The number of nitrogens with one attached hydrogen (secondary N) is 1. The minimum atomic E-state index is 0.808. The van der Waals surface area contributed by atoms with Gasteiger partial charge in [0.25, 0.3) is 0 Å². The highest BCUT2D eigenvalue weighted by Gasteiger charge is 2.18. The van der Waals surface area contributed by atoms with Crippen LogP contribution in [0.3, 0.4) is 0 Å². The van der Waals surface area contributed by atoms with Crippen LogP contribution in [0.1, 0.15) is 44.7 Å². The molecule has 2 heterocycles. The molecule has 1 saturated carbocycles. The summed E-state index contributed by atoms with van der Waals surface area (Å²) >= 11 is 5.45. The monoisotopic (exact) mass is 289 g/mol. The third-order valence-electron chi connectivity index (χ3n) is 4.65. The van der Waals surface area contributed by atoms with Gasteiger partial charge in [0.05, 0.1) is 5.52 Å². The first kappa shape index (κ1) is 13.8. The zero-order valence-electron chi connectivity index (χ0n) is 12.4. The average molecular weight is 289 g/mol. The predicted octanol–water partition coefficient (Wildman–Crippen LogP) is 4.62. The molecule has 108 valence electrons. The number of aromatic nitrogens is 3. The predicted molar refractivity (Wildman–Crippen MR) is 85.4 cm³/mol. The van der Waals surface area contributed by atoms with E-state index in [0.29, 0.717) is 0 Å². The van der Waals surface area contributed by atoms with Gasteiger partial charge in [0.2, 0.25) is 0 Å². The van der Waals surface area contributed by atoms with Crippen LogP contribution in [-0.4, -0.2) is 14.5 Å². The van der Waals surface area contributed by atoms with Gasteiger partial charge in [-0.25, -0.2) is 4.98 Å².